The molecule has 8 nitrogen and oxygen atoms in total. The van der Waals surface area contributed by atoms with Crippen molar-refractivity contribution < 1.29 is 29.4 Å². The second-order valence-corrected chi connectivity index (χ2v) is 9.19. The number of nitrogens with zero attached hydrogens (tertiary/aromatic N) is 2. The molecule has 0 aromatic carbocycles. The molecule has 8 unspecified atom stereocenters. The molecule has 2 heterocycles. The number of amides is 4. The van der Waals surface area contributed by atoms with Crippen molar-refractivity contribution in [1.82, 2.24) is 9.80 Å². The lowest BCUT2D eigenvalue weighted by Gasteiger charge is -2.19. The molecule has 32 heavy (non-hydrogen) atoms. The molecule has 0 aromatic heterocycles. The predicted molar refractivity (Wildman–Crippen MR) is 114 cm³/mol. The molecule has 0 radical (unpaired) electrons. The topological polar surface area (TPSA) is 115 Å². The Morgan fingerprint density at radius 1 is 0.656 bits per heavy atom. The molecule has 0 bridgehead atoms. The van der Waals surface area contributed by atoms with Crippen LogP contribution in [-0.4, -0.2) is 69.9 Å². The van der Waals surface area contributed by atoms with Crippen LogP contribution >= 0.6 is 0 Å². The molecule has 2 N–H and O–H groups in total. The molecule has 0 spiro atoms. The summed E-state index contributed by atoms with van der Waals surface area (Å²) in [5.74, 6) is -3.54. The summed E-state index contributed by atoms with van der Waals surface area (Å²) in [5, 5.41) is 18.5. The number of β-amino-alcohol motifs (C(OH)–C–C–N with tert-alkyl or cyclic N) is 2. The minimum Gasteiger partial charge on any atom is -0.395 e. The van der Waals surface area contributed by atoms with E-state index in [-0.39, 0.29) is 73.6 Å². The van der Waals surface area contributed by atoms with E-state index in [0.717, 1.165) is 9.80 Å². The van der Waals surface area contributed by atoms with E-state index < -0.39 is 23.7 Å². The van der Waals surface area contributed by atoms with E-state index in [2.05, 4.69) is 13.2 Å². The van der Waals surface area contributed by atoms with Gasteiger partial charge in [-0.15, -0.1) is 13.2 Å². The van der Waals surface area contributed by atoms with E-state index in [1.54, 1.807) is 12.2 Å². The third-order valence-corrected chi connectivity index (χ3v) is 7.77. The van der Waals surface area contributed by atoms with Gasteiger partial charge in [-0.05, 0) is 36.5 Å². The zero-order valence-electron chi connectivity index (χ0n) is 18.0. The summed E-state index contributed by atoms with van der Waals surface area (Å²) in [5.41, 5.74) is 0. The highest BCUT2D eigenvalue weighted by atomic mass is 16.3. The van der Waals surface area contributed by atoms with Crippen molar-refractivity contribution in [3.8, 4) is 0 Å². The lowest BCUT2D eigenvalue weighted by Crippen LogP contribution is -2.35. The molecule has 2 saturated heterocycles. The Balaban J connectivity index is 1.57. The lowest BCUT2D eigenvalue weighted by molar-refractivity contribution is -0.142. The first kappa shape index (κ1) is 22.6. The van der Waals surface area contributed by atoms with Gasteiger partial charge < -0.3 is 10.2 Å². The highest BCUT2D eigenvalue weighted by Gasteiger charge is 2.58. The van der Waals surface area contributed by atoms with Gasteiger partial charge in [-0.1, -0.05) is 24.3 Å². The average Bonchev–Trinajstić information content (AvgIpc) is 3.47. The summed E-state index contributed by atoms with van der Waals surface area (Å²) < 4.78 is 0. The molecule has 4 fully saturated rings. The molecule has 8 heteroatoms. The van der Waals surface area contributed by atoms with Crippen LogP contribution in [0.2, 0.25) is 0 Å². The Morgan fingerprint density at radius 3 is 1.25 bits per heavy atom. The second-order valence-electron chi connectivity index (χ2n) is 9.19. The molecule has 2 aliphatic heterocycles. The summed E-state index contributed by atoms with van der Waals surface area (Å²) in [6.07, 6.45) is 8.57. The first-order valence-corrected chi connectivity index (χ1v) is 11.2. The van der Waals surface area contributed by atoms with Gasteiger partial charge in [0.25, 0.3) is 0 Å². The molecular formula is C24H30N2O6. The molecule has 2 saturated carbocycles. The smallest absolute Gasteiger partial charge is 0.233 e. The van der Waals surface area contributed by atoms with Crippen LogP contribution in [0.25, 0.3) is 0 Å². The van der Waals surface area contributed by atoms with E-state index >= 15 is 0 Å². The van der Waals surface area contributed by atoms with Crippen LogP contribution in [-0.2, 0) is 19.2 Å². The zero-order valence-corrected chi connectivity index (χ0v) is 18.0. The fourth-order valence-corrected chi connectivity index (χ4v) is 6.37. The Labute approximate surface area is 187 Å². The average molecular weight is 443 g/mol. The molecule has 172 valence electrons. The maximum absolute atomic E-state index is 12.9. The summed E-state index contributed by atoms with van der Waals surface area (Å²) >= 11 is 0. The molecule has 8 atom stereocenters. The highest BCUT2D eigenvalue weighted by Crippen LogP contribution is 2.51. The number of carbonyl (C=O) groups excluding carboxylic acids is 4. The first-order chi connectivity index (χ1) is 15.4. The number of imide groups is 2. The molecule has 4 amide bonds. The maximum Gasteiger partial charge on any atom is 0.233 e. The number of hydrogen-bond acceptors (Lipinski definition) is 6. The van der Waals surface area contributed by atoms with Crippen molar-refractivity contribution in [2.24, 2.45) is 47.3 Å². The van der Waals surface area contributed by atoms with Gasteiger partial charge in [0.2, 0.25) is 23.6 Å². The maximum atomic E-state index is 12.9. The van der Waals surface area contributed by atoms with Gasteiger partial charge in [0, 0.05) is 0 Å². The van der Waals surface area contributed by atoms with Crippen molar-refractivity contribution in [2.75, 3.05) is 26.3 Å². The fraction of sp³-hybridized carbons (Fsp3) is 0.583. The summed E-state index contributed by atoms with van der Waals surface area (Å²) in [6, 6.07) is 0. The quantitative estimate of drug-likeness (QED) is 0.415. The van der Waals surface area contributed by atoms with E-state index in [1.807, 2.05) is 12.2 Å². The molecule has 4 rings (SSSR count). The predicted octanol–water partition coefficient (Wildman–Crippen LogP) is 0.374. The van der Waals surface area contributed by atoms with Gasteiger partial charge in [-0.2, -0.15) is 0 Å². The summed E-state index contributed by atoms with van der Waals surface area (Å²) in [4.78, 5) is 53.7. The van der Waals surface area contributed by atoms with E-state index in [0.29, 0.717) is 12.8 Å². The molecule has 2 aliphatic carbocycles. The van der Waals surface area contributed by atoms with Crippen LogP contribution in [0.4, 0.5) is 0 Å². The molecule has 0 aromatic rings. The Bertz CT molecular complexity index is 812. The largest absolute Gasteiger partial charge is 0.395 e. The monoisotopic (exact) mass is 442 g/mol. The van der Waals surface area contributed by atoms with Gasteiger partial charge in [-0.25, -0.2) is 0 Å². The SMILES string of the molecule is C=CC1CC(/C=C\C2CC(C=C)C3C(=O)N(CCO)C(=O)C23)C2C(=O)N(CCO)C(=O)C12. The van der Waals surface area contributed by atoms with Gasteiger partial charge >= 0.3 is 0 Å². The minimum atomic E-state index is -0.493. The van der Waals surface area contributed by atoms with E-state index in [9.17, 15) is 29.4 Å². The van der Waals surface area contributed by atoms with Crippen molar-refractivity contribution >= 4 is 23.6 Å². The minimum absolute atomic E-state index is 0.00430. The third-order valence-electron chi connectivity index (χ3n) is 7.77. The van der Waals surface area contributed by atoms with E-state index in [4.69, 9.17) is 0 Å². The Morgan fingerprint density at radius 2 is 0.969 bits per heavy atom. The van der Waals surface area contributed by atoms with Crippen LogP contribution < -0.4 is 0 Å². The third kappa shape index (κ3) is 3.28. The Kier molecular flexibility index (Phi) is 6.18. The number of fused-ring (bicyclic) bond motifs is 2. The molecule has 4 aliphatic rings. The molecular weight excluding hydrogens is 412 g/mol. The standard InChI is InChI=1S/C24H30N2O6/c1-3-13-11-15(19-17(13)21(29)25(7-9-27)23(19)31)5-6-16-12-14(4-2)18-20(16)24(32)26(8-10-28)22(18)30/h3-6,13-20,27-28H,1-2,7-12H2/b6-5-. The number of carbonyl (C=O) groups is 4. The normalized spacial score (nSPS) is 38.8. The lowest BCUT2D eigenvalue weighted by atomic mass is 9.86. The zero-order chi connectivity index (χ0) is 23.2. The second kappa shape index (κ2) is 8.75. The van der Waals surface area contributed by atoms with Crippen LogP contribution in [0, 0.1) is 47.3 Å². The summed E-state index contributed by atoms with van der Waals surface area (Å²) in [6.45, 7) is 7.12. The highest BCUT2D eigenvalue weighted by molar-refractivity contribution is 6.07. The number of likely N-dealkylation sites (tertiary alicyclic amines) is 2. The van der Waals surface area contributed by atoms with Gasteiger partial charge in [-0.3, -0.25) is 29.0 Å². The number of aliphatic hydroxyl groups is 2. The van der Waals surface area contributed by atoms with Crippen LogP contribution in [0.5, 0.6) is 0 Å². The van der Waals surface area contributed by atoms with Crippen LogP contribution in [0.3, 0.4) is 0 Å². The van der Waals surface area contributed by atoms with Gasteiger partial charge in [0.05, 0.1) is 50.0 Å². The van der Waals surface area contributed by atoms with Crippen LogP contribution in [0.15, 0.2) is 37.5 Å². The van der Waals surface area contributed by atoms with Gasteiger partial charge in [0.15, 0.2) is 0 Å². The fourth-order valence-electron chi connectivity index (χ4n) is 6.37. The van der Waals surface area contributed by atoms with Crippen molar-refractivity contribution in [1.29, 1.82) is 0 Å². The number of hydrogen-bond donors (Lipinski definition) is 2. The first-order valence-electron chi connectivity index (χ1n) is 11.2. The van der Waals surface area contributed by atoms with Crippen LogP contribution in [0.1, 0.15) is 12.8 Å². The number of rotatable bonds is 8. The number of aliphatic hydroxyl groups excluding tert-OH is 2. The van der Waals surface area contributed by atoms with E-state index in [1.165, 1.54) is 0 Å². The number of allylic oxidation sites excluding steroid dienone is 4. The van der Waals surface area contributed by atoms with Gasteiger partial charge in [0.1, 0.15) is 0 Å². The Hall–Kier alpha value is -2.58. The van der Waals surface area contributed by atoms with Crippen molar-refractivity contribution in [3.05, 3.63) is 37.5 Å². The summed E-state index contributed by atoms with van der Waals surface area (Å²) in [7, 11) is 0. The van der Waals surface area contributed by atoms with Crippen molar-refractivity contribution in [3.63, 3.8) is 0 Å². The van der Waals surface area contributed by atoms with Crippen molar-refractivity contribution in [2.45, 2.75) is 12.8 Å².